The van der Waals surface area contributed by atoms with Crippen LogP contribution in [-0.2, 0) is 6.54 Å². The maximum absolute atomic E-state index is 10.3. The summed E-state index contributed by atoms with van der Waals surface area (Å²) in [6, 6.07) is 7.17. The minimum Gasteiger partial charge on any atom is -0.497 e. The van der Waals surface area contributed by atoms with Crippen molar-refractivity contribution in [3.05, 3.63) is 48.0 Å². The van der Waals surface area contributed by atoms with Gasteiger partial charge in [0.15, 0.2) is 0 Å². The monoisotopic (exact) mass is 289 g/mol. The van der Waals surface area contributed by atoms with Crippen molar-refractivity contribution in [2.75, 3.05) is 20.8 Å². The highest BCUT2D eigenvalue weighted by Crippen LogP contribution is 2.29. The standard InChI is InChI=1S/C15H19N3O3/c1-20-12-3-4-15(21-2)13(7-12)14(19)9-17-8-11-5-6-16-10-18-11/h3-7,10,14,17,19H,8-9H2,1-2H3. The highest BCUT2D eigenvalue weighted by Gasteiger charge is 2.14. The van der Waals surface area contributed by atoms with Gasteiger partial charge in [-0.2, -0.15) is 0 Å². The van der Waals surface area contributed by atoms with Crippen molar-refractivity contribution in [3.8, 4) is 11.5 Å². The van der Waals surface area contributed by atoms with E-state index in [1.165, 1.54) is 6.33 Å². The van der Waals surface area contributed by atoms with Gasteiger partial charge in [-0.25, -0.2) is 9.97 Å². The molecular formula is C15H19N3O3. The summed E-state index contributed by atoms with van der Waals surface area (Å²) in [5.74, 6) is 1.31. The maximum Gasteiger partial charge on any atom is 0.124 e. The molecule has 112 valence electrons. The average molecular weight is 289 g/mol. The van der Waals surface area contributed by atoms with Crippen molar-refractivity contribution in [1.29, 1.82) is 0 Å². The minimum atomic E-state index is -0.697. The van der Waals surface area contributed by atoms with E-state index in [4.69, 9.17) is 9.47 Å². The quantitative estimate of drug-likeness (QED) is 0.800. The molecule has 0 aliphatic carbocycles. The van der Waals surface area contributed by atoms with Crippen LogP contribution in [0.25, 0.3) is 0 Å². The zero-order chi connectivity index (χ0) is 15.1. The van der Waals surface area contributed by atoms with Crippen LogP contribution in [0.1, 0.15) is 17.4 Å². The lowest BCUT2D eigenvalue weighted by Crippen LogP contribution is -2.22. The number of hydrogen-bond acceptors (Lipinski definition) is 6. The SMILES string of the molecule is COc1ccc(OC)c(C(O)CNCc2ccncn2)c1. The highest BCUT2D eigenvalue weighted by molar-refractivity contribution is 5.41. The van der Waals surface area contributed by atoms with Crippen molar-refractivity contribution in [2.24, 2.45) is 0 Å². The van der Waals surface area contributed by atoms with E-state index < -0.39 is 6.10 Å². The first-order valence-corrected chi connectivity index (χ1v) is 6.60. The van der Waals surface area contributed by atoms with Crippen molar-refractivity contribution in [2.45, 2.75) is 12.6 Å². The second kappa shape index (κ2) is 7.56. The molecule has 0 saturated heterocycles. The lowest BCUT2D eigenvalue weighted by Gasteiger charge is -2.16. The van der Waals surface area contributed by atoms with E-state index in [1.54, 1.807) is 38.6 Å². The molecule has 1 aromatic carbocycles. The third-order valence-corrected chi connectivity index (χ3v) is 3.08. The number of aliphatic hydroxyl groups is 1. The Balaban J connectivity index is 1.97. The number of nitrogens with one attached hydrogen (secondary N) is 1. The number of nitrogens with zero attached hydrogens (tertiary/aromatic N) is 2. The van der Waals surface area contributed by atoms with Gasteiger partial charge in [0.1, 0.15) is 17.8 Å². The first kappa shape index (κ1) is 15.2. The molecule has 2 rings (SSSR count). The van der Waals surface area contributed by atoms with Crippen LogP contribution in [-0.4, -0.2) is 35.8 Å². The van der Waals surface area contributed by atoms with Crippen molar-refractivity contribution in [1.82, 2.24) is 15.3 Å². The Morgan fingerprint density at radius 3 is 2.76 bits per heavy atom. The lowest BCUT2D eigenvalue weighted by molar-refractivity contribution is 0.169. The zero-order valence-corrected chi connectivity index (χ0v) is 12.1. The summed E-state index contributed by atoms with van der Waals surface area (Å²) in [6.45, 7) is 0.944. The van der Waals surface area contributed by atoms with Crippen LogP contribution in [0.2, 0.25) is 0 Å². The number of aliphatic hydroxyl groups excluding tert-OH is 1. The van der Waals surface area contributed by atoms with Gasteiger partial charge < -0.3 is 19.9 Å². The van der Waals surface area contributed by atoms with E-state index in [9.17, 15) is 5.11 Å². The second-order valence-corrected chi connectivity index (χ2v) is 4.46. The molecule has 0 aliphatic rings. The van der Waals surface area contributed by atoms with Crippen LogP contribution in [0.4, 0.5) is 0 Å². The molecule has 0 fully saturated rings. The second-order valence-electron chi connectivity index (χ2n) is 4.46. The number of aromatic nitrogens is 2. The molecule has 6 nitrogen and oxygen atoms in total. The molecule has 0 bridgehead atoms. The summed E-state index contributed by atoms with van der Waals surface area (Å²) < 4.78 is 10.4. The molecule has 1 aromatic heterocycles. The molecule has 1 atom stereocenters. The lowest BCUT2D eigenvalue weighted by atomic mass is 10.1. The Morgan fingerprint density at radius 2 is 2.10 bits per heavy atom. The topological polar surface area (TPSA) is 76.5 Å². The Kier molecular flexibility index (Phi) is 5.48. The van der Waals surface area contributed by atoms with Crippen molar-refractivity contribution in [3.63, 3.8) is 0 Å². The zero-order valence-electron chi connectivity index (χ0n) is 12.1. The van der Waals surface area contributed by atoms with Gasteiger partial charge >= 0.3 is 0 Å². The smallest absolute Gasteiger partial charge is 0.124 e. The largest absolute Gasteiger partial charge is 0.497 e. The Bertz CT molecular complexity index is 563. The predicted molar refractivity (Wildman–Crippen MR) is 78.2 cm³/mol. The Labute approximate surface area is 123 Å². The van der Waals surface area contributed by atoms with Gasteiger partial charge in [0.05, 0.1) is 26.0 Å². The molecule has 2 aromatic rings. The van der Waals surface area contributed by atoms with Crippen molar-refractivity contribution >= 4 is 0 Å². The van der Waals surface area contributed by atoms with Gasteiger partial charge in [0.25, 0.3) is 0 Å². The minimum absolute atomic E-state index is 0.382. The molecule has 0 saturated carbocycles. The predicted octanol–water partition coefficient (Wildman–Crippen LogP) is 1.32. The number of rotatable bonds is 7. The molecule has 1 heterocycles. The highest BCUT2D eigenvalue weighted by atomic mass is 16.5. The fourth-order valence-electron chi connectivity index (χ4n) is 1.97. The van der Waals surface area contributed by atoms with Crippen LogP contribution in [0, 0.1) is 0 Å². The number of benzene rings is 1. The van der Waals surface area contributed by atoms with Crippen molar-refractivity contribution < 1.29 is 14.6 Å². The van der Waals surface area contributed by atoms with Gasteiger partial charge in [-0.05, 0) is 24.3 Å². The van der Waals surface area contributed by atoms with E-state index >= 15 is 0 Å². The molecule has 0 aliphatic heterocycles. The molecular weight excluding hydrogens is 270 g/mol. The summed E-state index contributed by atoms with van der Waals surface area (Å²) in [7, 11) is 3.16. The van der Waals surface area contributed by atoms with Gasteiger partial charge in [-0.15, -0.1) is 0 Å². The number of methoxy groups -OCH3 is 2. The van der Waals surface area contributed by atoms with E-state index in [-0.39, 0.29) is 0 Å². The first-order valence-electron chi connectivity index (χ1n) is 6.60. The third-order valence-electron chi connectivity index (χ3n) is 3.08. The fourth-order valence-corrected chi connectivity index (χ4v) is 1.97. The summed E-state index contributed by atoms with van der Waals surface area (Å²) in [4.78, 5) is 7.97. The number of ether oxygens (including phenoxy) is 2. The average Bonchev–Trinajstić information content (AvgIpc) is 2.55. The summed E-state index contributed by atoms with van der Waals surface area (Å²) in [6.07, 6.45) is 2.49. The van der Waals surface area contributed by atoms with Crippen LogP contribution >= 0.6 is 0 Å². The molecule has 21 heavy (non-hydrogen) atoms. The first-order chi connectivity index (χ1) is 10.2. The van der Waals surface area contributed by atoms with Gasteiger partial charge in [-0.1, -0.05) is 0 Å². The van der Waals surface area contributed by atoms with Crippen LogP contribution < -0.4 is 14.8 Å². The molecule has 1 unspecified atom stereocenters. The molecule has 0 spiro atoms. The van der Waals surface area contributed by atoms with E-state index in [1.807, 2.05) is 6.07 Å². The molecule has 6 heteroatoms. The molecule has 2 N–H and O–H groups in total. The fraction of sp³-hybridized carbons (Fsp3) is 0.333. The molecule has 0 radical (unpaired) electrons. The normalized spacial score (nSPS) is 12.0. The van der Waals surface area contributed by atoms with Gasteiger partial charge in [0, 0.05) is 24.8 Å². The van der Waals surface area contributed by atoms with Crippen LogP contribution in [0.15, 0.2) is 36.8 Å². The van der Waals surface area contributed by atoms with E-state index in [0.29, 0.717) is 30.2 Å². The van der Waals surface area contributed by atoms with E-state index in [2.05, 4.69) is 15.3 Å². The van der Waals surface area contributed by atoms with Gasteiger partial charge in [-0.3, -0.25) is 0 Å². The van der Waals surface area contributed by atoms with Crippen LogP contribution in [0.5, 0.6) is 11.5 Å². The van der Waals surface area contributed by atoms with Crippen LogP contribution in [0.3, 0.4) is 0 Å². The summed E-state index contributed by atoms with van der Waals surface area (Å²) >= 11 is 0. The summed E-state index contributed by atoms with van der Waals surface area (Å²) in [5, 5.41) is 13.5. The Hall–Kier alpha value is -2.18. The molecule has 0 amide bonds. The Morgan fingerprint density at radius 1 is 1.24 bits per heavy atom. The summed E-state index contributed by atoms with van der Waals surface area (Å²) in [5.41, 5.74) is 1.56. The van der Waals surface area contributed by atoms with E-state index in [0.717, 1.165) is 5.69 Å². The third kappa shape index (κ3) is 4.14. The van der Waals surface area contributed by atoms with Gasteiger partial charge in [0.2, 0.25) is 0 Å². The number of hydrogen-bond donors (Lipinski definition) is 2. The maximum atomic E-state index is 10.3.